The Bertz CT molecular complexity index is 835. The van der Waals surface area contributed by atoms with E-state index >= 15 is 0 Å². The number of imidazole rings is 1. The minimum absolute atomic E-state index is 0.448. The Morgan fingerprint density at radius 2 is 1.88 bits per heavy atom. The number of nitrogens with one attached hydrogen (secondary N) is 1. The van der Waals surface area contributed by atoms with Crippen LogP contribution >= 0.6 is 0 Å². The maximum absolute atomic E-state index is 5.40. The summed E-state index contributed by atoms with van der Waals surface area (Å²) in [4.78, 5) is 10.8. The number of ether oxygens (including phenoxy) is 2. The molecule has 26 heavy (non-hydrogen) atoms. The molecule has 0 saturated carbocycles. The van der Waals surface area contributed by atoms with Crippen LogP contribution in [0.1, 0.15) is 30.1 Å². The SMILES string of the molecule is COc1cc(CN2CCCC(c3nc4ccccc4[nH]3)C2)cc(OC)c1. The fraction of sp³-hybridized carbons (Fsp3) is 0.381. The Balaban J connectivity index is 1.50. The minimum atomic E-state index is 0.448. The molecule has 1 atom stereocenters. The molecule has 1 unspecified atom stereocenters. The molecule has 1 N–H and O–H groups in total. The van der Waals surface area contributed by atoms with Gasteiger partial charge in [0.15, 0.2) is 0 Å². The molecule has 1 aliphatic heterocycles. The summed E-state index contributed by atoms with van der Waals surface area (Å²) in [5.41, 5.74) is 3.39. The van der Waals surface area contributed by atoms with Crippen molar-refractivity contribution in [1.82, 2.24) is 14.9 Å². The summed E-state index contributed by atoms with van der Waals surface area (Å²) in [5, 5.41) is 0. The highest BCUT2D eigenvalue weighted by Crippen LogP contribution is 2.29. The first-order valence-corrected chi connectivity index (χ1v) is 9.14. The molecule has 0 aliphatic carbocycles. The van der Waals surface area contributed by atoms with Crippen LogP contribution in [0.4, 0.5) is 0 Å². The van der Waals surface area contributed by atoms with Crippen LogP contribution in [-0.2, 0) is 6.54 Å². The molecule has 0 spiro atoms. The number of methoxy groups -OCH3 is 2. The van der Waals surface area contributed by atoms with Gasteiger partial charge in [0.2, 0.25) is 0 Å². The van der Waals surface area contributed by atoms with Crippen molar-refractivity contribution in [3.8, 4) is 11.5 Å². The fourth-order valence-electron chi connectivity index (χ4n) is 3.80. The van der Waals surface area contributed by atoms with E-state index in [4.69, 9.17) is 14.5 Å². The van der Waals surface area contributed by atoms with Crippen LogP contribution in [0.25, 0.3) is 11.0 Å². The van der Waals surface area contributed by atoms with Crippen molar-refractivity contribution in [3.05, 3.63) is 53.9 Å². The number of para-hydroxylation sites is 2. The molecular weight excluding hydrogens is 326 g/mol. The van der Waals surface area contributed by atoms with Crippen molar-refractivity contribution in [2.75, 3.05) is 27.3 Å². The molecule has 2 heterocycles. The number of piperidine rings is 1. The zero-order chi connectivity index (χ0) is 17.9. The van der Waals surface area contributed by atoms with E-state index in [9.17, 15) is 0 Å². The number of hydrogen-bond acceptors (Lipinski definition) is 4. The maximum Gasteiger partial charge on any atom is 0.122 e. The van der Waals surface area contributed by atoms with Gasteiger partial charge in [-0.05, 0) is 49.2 Å². The molecule has 4 rings (SSSR count). The van der Waals surface area contributed by atoms with Crippen molar-refractivity contribution < 1.29 is 9.47 Å². The van der Waals surface area contributed by atoms with E-state index in [1.54, 1.807) is 14.2 Å². The van der Waals surface area contributed by atoms with Crippen LogP contribution in [0.5, 0.6) is 11.5 Å². The summed E-state index contributed by atoms with van der Waals surface area (Å²) >= 11 is 0. The quantitative estimate of drug-likeness (QED) is 0.756. The number of aromatic amines is 1. The van der Waals surface area contributed by atoms with E-state index in [2.05, 4.69) is 34.1 Å². The lowest BCUT2D eigenvalue weighted by atomic mass is 9.97. The predicted molar refractivity (Wildman–Crippen MR) is 103 cm³/mol. The van der Waals surface area contributed by atoms with Crippen molar-refractivity contribution >= 4 is 11.0 Å². The topological polar surface area (TPSA) is 50.4 Å². The number of fused-ring (bicyclic) bond motifs is 1. The van der Waals surface area contributed by atoms with Crippen molar-refractivity contribution in [1.29, 1.82) is 0 Å². The number of hydrogen-bond donors (Lipinski definition) is 1. The summed E-state index contributed by atoms with van der Waals surface area (Å²) in [6, 6.07) is 14.3. The van der Waals surface area contributed by atoms with Crippen LogP contribution < -0.4 is 9.47 Å². The van der Waals surface area contributed by atoms with Crippen LogP contribution in [-0.4, -0.2) is 42.2 Å². The molecule has 2 aromatic carbocycles. The second kappa shape index (κ2) is 7.38. The lowest BCUT2D eigenvalue weighted by molar-refractivity contribution is 0.196. The van der Waals surface area contributed by atoms with E-state index in [1.165, 1.54) is 18.4 Å². The summed E-state index contributed by atoms with van der Waals surface area (Å²) in [5.74, 6) is 3.23. The molecule has 0 amide bonds. The Morgan fingerprint density at radius 1 is 1.12 bits per heavy atom. The highest BCUT2D eigenvalue weighted by atomic mass is 16.5. The van der Waals surface area contributed by atoms with E-state index in [0.717, 1.165) is 48.0 Å². The normalized spacial score (nSPS) is 18.2. The van der Waals surface area contributed by atoms with Crippen molar-refractivity contribution in [3.63, 3.8) is 0 Å². The van der Waals surface area contributed by atoms with Gasteiger partial charge in [0, 0.05) is 25.1 Å². The van der Waals surface area contributed by atoms with E-state index in [1.807, 2.05) is 18.2 Å². The molecule has 1 fully saturated rings. The third-order valence-electron chi connectivity index (χ3n) is 5.12. The van der Waals surface area contributed by atoms with Crippen LogP contribution in [0.15, 0.2) is 42.5 Å². The summed E-state index contributed by atoms with van der Waals surface area (Å²) in [6.07, 6.45) is 2.36. The van der Waals surface area contributed by atoms with Gasteiger partial charge in [-0.15, -0.1) is 0 Å². The zero-order valence-corrected chi connectivity index (χ0v) is 15.4. The number of likely N-dealkylation sites (tertiary alicyclic amines) is 1. The third-order valence-corrected chi connectivity index (χ3v) is 5.12. The molecule has 5 nitrogen and oxygen atoms in total. The second-order valence-corrected chi connectivity index (χ2v) is 6.93. The monoisotopic (exact) mass is 351 g/mol. The molecule has 0 bridgehead atoms. The van der Waals surface area contributed by atoms with Gasteiger partial charge in [0.05, 0.1) is 25.3 Å². The molecular formula is C21H25N3O2. The van der Waals surface area contributed by atoms with Gasteiger partial charge in [0.1, 0.15) is 17.3 Å². The van der Waals surface area contributed by atoms with Gasteiger partial charge in [-0.1, -0.05) is 12.1 Å². The largest absolute Gasteiger partial charge is 0.497 e. The zero-order valence-electron chi connectivity index (χ0n) is 15.4. The number of nitrogens with zero attached hydrogens (tertiary/aromatic N) is 2. The number of benzene rings is 2. The fourth-order valence-corrected chi connectivity index (χ4v) is 3.80. The molecule has 1 aromatic heterocycles. The lowest BCUT2D eigenvalue weighted by Crippen LogP contribution is -2.34. The van der Waals surface area contributed by atoms with Gasteiger partial charge in [-0.25, -0.2) is 4.98 Å². The van der Waals surface area contributed by atoms with Gasteiger partial charge in [-0.2, -0.15) is 0 Å². The summed E-state index contributed by atoms with van der Waals surface area (Å²) < 4.78 is 10.8. The Kier molecular flexibility index (Phi) is 4.80. The van der Waals surface area contributed by atoms with Gasteiger partial charge >= 0.3 is 0 Å². The van der Waals surface area contributed by atoms with Crippen LogP contribution in [0.2, 0.25) is 0 Å². The average molecular weight is 351 g/mol. The van der Waals surface area contributed by atoms with Crippen molar-refractivity contribution in [2.45, 2.75) is 25.3 Å². The smallest absolute Gasteiger partial charge is 0.122 e. The van der Waals surface area contributed by atoms with E-state index in [-0.39, 0.29) is 0 Å². The first kappa shape index (κ1) is 16.9. The van der Waals surface area contributed by atoms with Gasteiger partial charge in [0.25, 0.3) is 0 Å². The standard InChI is InChI=1S/C21H25N3O2/c1-25-17-10-15(11-18(12-17)26-2)13-24-9-5-6-16(14-24)21-22-19-7-3-4-8-20(19)23-21/h3-4,7-8,10-12,16H,5-6,9,13-14H2,1-2H3,(H,22,23). The lowest BCUT2D eigenvalue weighted by Gasteiger charge is -2.32. The molecule has 0 radical (unpaired) electrons. The van der Waals surface area contributed by atoms with Gasteiger partial charge < -0.3 is 14.5 Å². The third kappa shape index (κ3) is 3.53. The molecule has 136 valence electrons. The van der Waals surface area contributed by atoms with Crippen molar-refractivity contribution in [2.24, 2.45) is 0 Å². The number of rotatable bonds is 5. The molecule has 1 aliphatic rings. The highest BCUT2D eigenvalue weighted by molar-refractivity contribution is 5.74. The molecule has 5 heteroatoms. The number of aromatic nitrogens is 2. The van der Waals surface area contributed by atoms with Crippen LogP contribution in [0.3, 0.4) is 0 Å². The molecule has 1 saturated heterocycles. The highest BCUT2D eigenvalue weighted by Gasteiger charge is 2.24. The van der Waals surface area contributed by atoms with E-state index in [0.29, 0.717) is 5.92 Å². The summed E-state index contributed by atoms with van der Waals surface area (Å²) in [6.45, 7) is 3.01. The predicted octanol–water partition coefficient (Wildman–Crippen LogP) is 3.96. The first-order valence-electron chi connectivity index (χ1n) is 9.14. The van der Waals surface area contributed by atoms with Crippen LogP contribution in [0, 0.1) is 0 Å². The Labute approximate surface area is 153 Å². The second-order valence-electron chi connectivity index (χ2n) is 6.93. The first-order chi connectivity index (χ1) is 12.7. The number of H-pyrrole nitrogens is 1. The summed E-state index contributed by atoms with van der Waals surface area (Å²) in [7, 11) is 3.38. The molecule has 3 aromatic rings. The van der Waals surface area contributed by atoms with E-state index < -0.39 is 0 Å². The maximum atomic E-state index is 5.40. The Morgan fingerprint density at radius 3 is 2.62 bits per heavy atom. The van der Waals surface area contributed by atoms with Gasteiger partial charge in [-0.3, -0.25) is 4.90 Å². The Hall–Kier alpha value is -2.53. The minimum Gasteiger partial charge on any atom is -0.497 e. The average Bonchev–Trinajstić information content (AvgIpc) is 3.12.